The van der Waals surface area contributed by atoms with Crippen molar-refractivity contribution in [2.24, 2.45) is 0 Å². The van der Waals surface area contributed by atoms with E-state index in [0.717, 1.165) is 0 Å². The summed E-state index contributed by atoms with van der Waals surface area (Å²) in [5, 5.41) is 10.9. The topological polar surface area (TPSA) is 113 Å². The smallest absolute Gasteiger partial charge is 0.266 e. The minimum Gasteiger partial charge on any atom is -0.493 e. The van der Waals surface area contributed by atoms with Gasteiger partial charge in [-0.3, -0.25) is 9.59 Å². The van der Waals surface area contributed by atoms with Crippen LogP contribution in [0.25, 0.3) is 5.82 Å². The van der Waals surface area contributed by atoms with Crippen molar-refractivity contribution in [3.63, 3.8) is 0 Å². The lowest BCUT2D eigenvalue weighted by Crippen LogP contribution is -2.32. The molecule has 3 rings (SSSR count). The van der Waals surface area contributed by atoms with E-state index in [1.165, 1.54) is 42.3 Å². The normalized spacial score (nSPS) is 10.4. The van der Waals surface area contributed by atoms with Crippen LogP contribution in [0.4, 0.5) is 0 Å². The van der Waals surface area contributed by atoms with E-state index in [-0.39, 0.29) is 24.6 Å². The first-order valence-corrected chi connectivity index (χ1v) is 8.06. The van der Waals surface area contributed by atoms with Crippen molar-refractivity contribution in [3.05, 3.63) is 58.9 Å². The quantitative estimate of drug-likeness (QED) is 0.635. The Kier molecular flexibility index (Phi) is 5.45. The predicted molar refractivity (Wildman–Crippen MR) is 95.3 cm³/mol. The van der Waals surface area contributed by atoms with Crippen LogP contribution in [-0.2, 0) is 6.54 Å². The van der Waals surface area contributed by atoms with E-state index in [1.54, 1.807) is 24.3 Å². The summed E-state index contributed by atoms with van der Waals surface area (Å²) in [5.41, 5.74) is 0.142. The molecule has 1 amide bonds. The number of methoxy groups -OCH3 is 2. The molecule has 0 spiro atoms. The van der Waals surface area contributed by atoms with Crippen LogP contribution in [0.5, 0.6) is 11.5 Å². The number of benzene rings is 1. The number of rotatable bonds is 7. The molecule has 27 heavy (non-hydrogen) atoms. The van der Waals surface area contributed by atoms with E-state index >= 15 is 0 Å². The van der Waals surface area contributed by atoms with Crippen LogP contribution in [0, 0.1) is 0 Å². The first-order chi connectivity index (χ1) is 13.1. The van der Waals surface area contributed by atoms with Gasteiger partial charge in [-0.2, -0.15) is 5.10 Å². The summed E-state index contributed by atoms with van der Waals surface area (Å²) >= 11 is 0. The molecule has 0 saturated carbocycles. The van der Waals surface area contributed by atoms with Crippen LogP contribution in [0.15, 0.2) is 47.8 Å². The lowest BCUT2D eigenvalue weighted by molar-refractivity contribution is 0.0951. The molecular formula is C17H18N6O4. The van der Waals surface area contributed by atoms with Crippen LogP contribution in [0.2, 0.25) is 0 Å². The summed E-state index contributed by atoms with van der Waals surface area (Å²) in [4.78, 5) is 28.1. The number of carbonyl (C=O) groups is 1. The summed E-state index contributed by atoms with van der Waals surface area (Å²) in [6.45, 7) is 0.432. The average Bonchev–Trinajstić information content (AvgIpc) is 3.23. The summed E-state index contributed by atoms with van der Waals surface area (Å²) in [5.74, 6) is 1.16. The zero-order chi connectivity index (χ0) is 19.2. The minimum atomic E-state index is -0.295. The number of amides is 1. The predicted octanol–water partition coefficient (Wildman–Crippen LogP) is 0.271. The van der Waals surface area contributed by atoms with Crippen molar-refractivity contribution < 1.29 is 14.3 Å². The number of nitrogens with zero attached hydrogens (tertiary/aromatic N) is 5. The Hall–Kier alpha value is -3.69. The standard InChI is InChI=1S/C17H18N6O4/c1-26-13-4-3-12(9-14(13)27-2)17(25)19-7-8-22-16(24)6-5-15(21-22)23-11-18-10-20-23/h3-6,9-11H,7-8H2,1-2H3,(H,19,25). The molecule has 140 valence electrons. The Morgan fingerprint density at radius 3 is 2.67 bits per heavy atom. The van der Waals surface area contributed by atoms with Gasteiger partial charge in [0.2, 0.25) is 0 Å². The number of aromatic nitrogens is 5. The number of ether oxygens (including phenoxy) is 2. The fourth-order valence-electron chi connectivity index (χ4n) is 2.40. The van der Waals surface area contributed by atoms with Crippen molar-refractivity contribution in [1.29, 1.82) is 0 Å². The maximum atomic E-state index is 12.3. The van der Waals surface area contributed by atoms with Crippen molar-refractivity contribution in [2.45, 2.75) is 6.54 Å². The van der Waals surface area contributed by atoms with Crippen LogP contribution in [0.3, 0.4) is 0 Å². The first kappa shape index (κ1) is 18.1. The van der Waals surface area contributed by atoms with E-state index in [2.05, 4.69) is 20.5 Å². The average molecular weight is 370 g/mol. The van der Waals surface area contributed by atoms with Gasteiger partial charge in [-0.05, 0) is 24.3 Å². The minimum absolute atomic E-state index is 0.209. The molecule has 2 heterocycles. The van der Waals surface area contributed by atoms with Crippen LogP contribution in [0.1, 0.15) is 10.4 Å². The highest BCUT2D eigenvalue weighted by Crippen LogP contribution is 2.27. The lowest BCUT2D eigenvalue weighted by atomic mass is 10.2. The largest absolute Gasteiger partial charge is 0.493 e. The number of carbonyl (C=O) groups excluding carboxylic acids is 1. The Morgan fingerprint density at radius 1 is 1.15 bits per heavy atom. The van der Waals surface area contributed by atoms with E-state index < -0.39 is 0 Å². The molecule has 0 radical (unpaired) electrons. The molecule has 1 aromatic carbocycles. The maximum absolute atomic E-state index is 12.3. The van der Waals surface area contributed by atoms with Crippen molar-refractivity contribution in [1.82, 2.24) is 29.9 Å². The van der Waals surface area contributed by atoms with Gasteiger partial charge in [0.15, 0.2) is 17.3 Å². The van der Waals surface area contributed by atoms with Gasteiger partial charge < -0.3 is 14.8 Å². The van der Waals surface area contributed by atoms with Gasteiger partial charge in [-0.1, -0.05) is 0 Å². The number of nitrogens with one attached hydrogen (secondary N) is 1. The van der Waals surface area contributed by atoms with E-state index in [9.17, 15) is 9.59 Å². The SMILES string of the molecule is COc1ccc(C(=O)NCCn2nc(-n3cncn3)ccc2=O)cc1OC. The molecule has 3 aromatic rings. The van der Waals surface area contributed by atoms with E-state index in [0.29, 0.717) is 22.9 Å². The fraction of sp³-hybridized carbons (Fsp3) is 0.235. The van der Waals surface area contributed by atoms with Crippen LogP contribution >= 0.6 is 0 Å². The Morgan fingerprint density at radius 2 is 1.96 bits per heavy atom. The van der Waals surface area contributed by atoms with Gasteiger partial charge in [-0.25, -0.2) is 14.3 Å². The van der Waals surface area contributed by atoms with Gasteiger partial charge in [0.1, 0.15) is 12.7 Å². The molecule has 0 aliphatic carbocycles. The van der Waals surface area contributed by atoms with E-state index in [4.69, 9.17) is 9.47 Å². The molecule has 1 N–H and O–H groups in total. The first-order valence-electron chi connectivity index (χ1n) is 8.06. The fourth-order valence-corrected chi connectivity index (χ4v) is 2.40. The molecule has 0 aliphatic rings. The third kappa shape index (κ3) is 4.11. The summed E-state index contributed by atoms with van der Waals surface area (Å²) in [6, 6.07) is 7.81. The zero-order valence-electron chi connectivity index (χ0n) is 14.8. The Bertz CT molecular complexity index is 983. The van der Waals surface area contributed by atoms with E-state index in [1.807, 2.05) is 0 Å². The van der Waals surface area contributed by atoms with Crippen molar-refractivity contribution >= 4 is 5.91 Å². The molecule has 0 unspecified atom stereocenters. The molecule has 0 bridgehead atoms. The molecule has 10 nitrogen and oxygen atoms in total. The summed E-state index contributed by atoms with van der Waals surface area (Å²) in [6.07, 6.45) is 2.86. The molecular weight excluding hydrogens is 352 g/mol. The second-order valence-electron chi connectivity index (χ2n) is 5.42. The summed E-state index contributed by atoms with van der Waals surface area (Å²) < 4.78 is 13.0. The molecule has 10 heteroatoms. The molecule has 0 atom stereocenters. The highest BCUT2D eigenvalue weighted by atomic mass is 16.5. The third-order valence-corrected chi connectivity index (χ3v) is 3.76. The number of hydrogen-bond donors (Lipinski definition) is 1. The molecule has 0 aliphatic heterocycles. The van der Waals surface area contributed by atoms with Gasteiger partial charge in [0, 0.05) is 18.2 Å². The van der Waals surface area contributed by atoms with Crippen molar-refractivity contribution in [2.75, 3.05) is 20.8 Å². The third-order valence-electron chi connectivity index (χ3n) is 3.76. The lowest BCUT2D eigenvalue weighted by Gasteiger charge is -2.10. The maximum Gasteiger partial charge on any atom is 0.266 e. The highest BCUT2D eigenvalue weighted by molar-refractivity contribution is 5.94. The Labute approximate surface area is 154 Å². The monoisotopic (exact) mass is 370 g/mol. The van der Waals surface area contributed by atoms with Crippen molar-refractivity contribution in [3.8, 4) is 17.3 Å². The van der Waals surface area contributed by atoms with Crippen LogP contribution < -0.4 is 20.3 Å². The molecule has 2 aromatic heterocycles. The van der Waals surface area contributed by atoms with Gasteiger partial charge in [0.05, 0.1) is 20.8 Å². The molecule has 0 fully saturated rings. The molecule has 0 saturated heterocycles. The highest BCUT2D eigenvalue weighted by Gasteiger charge is 2.11. The van der Waals surface area contributed by atoms with Crippen LogP contribution in [-0.4, -0.2) is 51.2 Å². The Balaban J connectivity index is 1.65. The second kappa shape index (κ2) is 8.13. The van der Waals surface area contributed by atoms with Gasteiger partial charge in [-0.15, -0.1) is 5.10 Å². The number of hydrogen-bond acceptors (Lipinski definition) is 7. The second-order valence-corrected chi connectivity index (χ2v) is 5.42. The zero-order valence-corrected chi connectivity index (χ0v) is 14.8. The summed E-state index contributed by atoms with van der Waals surface area (Å²) in [7, 11) is 3.02. The van der Waals surface area contributed by atoms with Gasteiger partial charge >= 0.3 is 0 Å². The van der Waals surface area contributed by atoms with Gasteiger partial charge in [0.25, 0.3) is 11.5 Å².